The number of carbonyl (C=O) groups excluding carboxylic acids is 1. The van der Waals surface area contributed by atoms with Crippen molar-refractivity contribution < 1.29 is 9.18 Å². The molecule has 11 heavy (non-hydrogen) atoms. The van der Waals surface area contributed by atoms with E-state index in [1.165, 1.54) is 0 Å². The standard InChI is InChI=1S/C6H12ClFN2O/c7-3-5(8)4-10-2-1-6(9)11/h5,10H,1-4H2,(H2,9,11)/t5-/m0/s1. The Labute approximate surface area is 70.1 Å². The summed E-state index contributed by atoms with van der Waals surface area (Å²) in [6.45, 7) is 0.587. The van der Waals surface area contributed by atoms with Crippen molar-refractivity contribution in [1.82, 2.24) is 5.32 Å². The van der Waals surface area contributed by atoms with E-state index >= 15 is 0 Å². The molecule has 0 aliphatic rings. The van der Waals surface area contributed by atoms with Crippen LogP contribution in [0.25, 0.3) is 0 Å². The van der Waals surface area contributed by atoms with Crippen LogP contribution in [0, 0.1) is 0 Å². The lowest BCUT2D eigenvalue weighted by molar-refractivity contribution is -0.117. The van der Waals surface area contributed by atoms with Crippen molar-refractivity contribution >= 4 is 17.5 Å². The molecular formula is C6H12ClFN2O. The second-order valence-corrected chi connectivity index (χ2v) is 2.48. The molecule has 0 aromatic carbocycles. The van der Waals surface area contributed by atoms with Crippen LogP contribution < -0.4 is 11.1 Å². The molecule has 0 aliphatic carbocycles. The van der Waals surface area contributed by atoms with Crippen molar-refractivity contribution in [2.75, 3.05) is 19.0 Å². The Bertz CT molecular complexity index is 123. The van der Waals surface area contributed by atoms with Crippen molar-refractivity contribution in [3.63, 3.8) is 0 Å². The Kier molecular flexibility index (Phi) is 6.16. The average Bonchev–Trinajstić information content (AvgIpc) is 1.97. The molecule has 0 aliphatic heterocycles. The van der Waals surface area contributed by atoms with Gasteiger partial charge in [-0.25, -0.2) is 4.39 Å². The summed E-state index contributed by atoms with van der Waals surface area (Å²) in [5.74, 6) is -0.414. The van der Waals surface area contributed by atoms with Gasteiger partial charge in [-0.2, -0.15) is 0 Å². The van der Waals surface area contributed by atoms with Crippen LogP contribution in [0.15, 0.2) is 0 Å². The fourth-order valence-corrected chi connectivity index (χ4v) is 0.634. The number of halogens is 2. The number of amides is 1. The van der Waals surface area contributed by atoms with Gasteiger partial charge in [0.25, 0.3) is 0 Å². The number of carbonyl (C=O) groups is 1. The number of nitrogens with one attached hydrogen (secondary N) is 1. The Hall–Kier alpha value is -0.350. The van der Waals surface area contributed by atoms with Gasteiger partial charge in [0.15, 0.2) is 0 Å². The summed E-state index contributed by atoms with van der Waals surface area (Å²) >= 11 is 5.19. The molecule has 1 amide bonds. The first kappa shape index (κ1) is 10.7. The molecule has 5 heteroatoms. The van der Waals surface area contributed by atoms with Crippen molar-refractivity contribution in [3.05, 3.63) is 0 Å². The van der Waals surface area contributed by atoms with E-state index in [4.69, 9.17) is 17.3 Å². The van der Waals surface area contributed by atoms with Gasteiger partial charge in [0.2, 0.25) is 5.91 Å². The molecule has 1 atom stereocenters. The van der Waals surface area contributed by atoms with Gasteiger partial charge in [-0.1, -0.05) is 0 Å². The SMILES string of the molecule is NC(=O)CCNC[C@@H](F)CCl. The maximum Gasteiger partial charge on any atom is 0.218 e. The van der Waals surface area contributed by atoms with Gasteiger partial charge >= 0.3 is 0 Å². The van der Waals surface area contributed by atoms with E-state index in [0.717, 1.165) is 0 Å². The molecule has 0 bridgehead atoms. The van der Waals surface area contributed by atoms with Crippen LogP contribution in [0.4, 0.5) is 4.39 Å². The fraction of sp³-hybridized carbons (Fsp3) is 0.833. The van der Waals surface area contributed by atoms with Gasteiger partial charge in [0.05, 0.1) is 5.88 Å². The van der Waals surface area contributed by atoms with E-state index < -0.39 is 12.1 Å². The molecule has 0 fully saturated rings. The molecule has 3 N–H and O–H groups in total. The number of hydrogen-bond donors (Lipinski definition) is 2. The monoisotopic (exact) mass is 182 g/mol. The van der Waals surface area contributed by atoms with E-state index in [1.807, 2.05) is 0 Å². The third kappa shape index (κ3) is 7.55. The molecule has 0 saturated heterocycles. The minimum absolute atomic E-state index is 0.0242. The van der Waals surface area contributed by atoms with Crippen LogP contribution >= 0.6 is 11.6 Å². The molecule has 66 valence electrons. The quantitative estimate of drug-likeness (QED) is 0.450. The first-order valence-electron chi connectivity index (χ1n) is 3.36. The van der Waals surface area contributed by atoms with Crippen molar-refractivity contribution in [2.24, 2.45) is 5.73 Å². The van der Waals surface area contributed by atoms with Crippen molar-refractivity contribution in [2.45, 2.75) is 12.6 Å². The van der Waals surface area contributed by atoms with E-state index in [9.17, 15) is 9.18 Å². The molecule has 0 heterocycles. The average molecular weight is 183 g/mol. The zero-order valence-corrected chi connectivity index (χ0v) is 6.90. The molecule has 0 spiro atoms. The number of rotatable bonds is 6. The Morgan fingerprint density at radius 1 is 1.73 bits per heavy atom. The lowest BCUT2D eigenvalue weighted by Crippen LogP contribution is -2.28. The van der Waals surface area contributed by atoms with Gasteiger partial charge in [-0.3, -0.25) is 4.79 Å². The number of nitrogens with two attached hydrogens (primary N) is 1. The first-order valence-corrected chi connectivity index (χ1v) is 3.89. The Balaban J connectivity index is 3.08. The number of hydrogen-bond acceptors (Lipinski definition) is 2. The molecule has 3 nitrogen and oxygen atoms in total. The van der Waals surface area contributed by atoms with Crippen LogP contribution in [-0.4, -0.2) is 31.0 Å². The summed E-state index contributed by atoms with van der Waals surface area (Å²) in [5, 5.41) is 2.71. The summed E-state index contributed by atoms with van der Waals surface area (Å²) in [4.78, 5) is 10.2. The van der Waals surface area contributed by atoms with E-state index in [2.05, 4.69) is 5.32 Å². The maximum absolute atomic E-state index is 12.3. The van der Waals surface area contributed by atoms with Crippen molar-refractivity contribution in [1.29, 1.82) is 0 Å². The third-order valence-corrected chi connectivity index (χ3v) is 1.42. The molecule has 0 aromatic rings. The molecule has 0 radical (unpaired) electrons. The van der Waals surface area contributed by atoms with E-state index in [0.29, 0.717) is 6.54 Å². The Morgan fingerprint density at radius 3 is 2.82 bits per heavy atom. The van der Waals surface area contributed by atoms with Crippen LogP contribution in [-0.2, 0) is 4.79 Å². The summed E-state index contributed by atoms with van der Waals surface area (Å²) < 4.78 is 12.3. The number of primary amides is 1. The summed E-state index contributed by atoms with van der Waals surface area (Å²) in [6, 6.07) is 0. The molecule has 0 unspecified atom stereocenters. The zero-order valence-electron chi connectivity index (χ0n) is 6.15. The van der Waals surface area contributed by atoms with Crippen LogP contribution in [0.5, 0.6) is 0 Å². The minimum Gasteiger partial charge on any atom is -0.370 e. The molecule has 0 rings (SSSR count). The predicted octanol–water partition coefficient (Wildman–Crippen LogP) is 0.0283. The molecular weight excluding hydrogens is 171 g/mol. The van der Waals surface area contributed by atoms with Crippen LogP contribution in [0.2, 0.25) is 0 Å². The van der Waals surface area contributed by atoms with Crippen LogP contribution in [0.1, 0.15) is 6.42 Å². The number of alkyl halides is 2. The lowest BCUT2D eigenvalue weighted by atomic mass is 10.4. The van der Waals surface area contributed by atoms with Gasteiger partial charge in [-0.05, 0) is 0 Å². The molecule has 0 aromatic heterocycles. The lowest BCUT2D eigenvalue weighted by Gasteiger charge is -2.04. The first-order chi connectivity index (χ1) is 5.16. The zero-order chi connectivity index (χ0) is 8.69. The highest BCUT2D eigenvalue weighted by Crippen LogP contribution is 1.91. The molecule has 0 saturated carbocycles. The van der Waals surface area contributed by atoms with Crippen LogP contribution in [0.3, 0.4) is 0 Å². The van der Waals surface area contributed by atoms with Gasteiger partial charge < -0.3 is 11.1 Å². The summed E-state index contributed by atoms with van der Waals surface area (Å²) in [5.41, 5.74) is 4.84. The highest BCUT2D eigenvalue weighted by atomic mass is 35.5. The second-order valence-electron chi connectivity index (χ2n) is 2.17. The largest absolute Gasteiger partial charge is 0.370 e. The maximum atomic E-state index is 12.3. The van der Waals surface area contributed by atoms with Gasteiger partial charge in [0.1, 0.15) is 6.17 Å². The topological polar surface area (TPSA) is 55.1 Å². The summed E-state index contributed by atoms with van der Waals surface area (Å²) in [7, 11) is 0. The summed E-state index contributed by atoms with van der Waals surface area (Å²) in [6.07, 6.45) is -0.820. The van der Waals surface area contributed by atoms with Gasteiger partial charge in [-0.15, -0.1) is 11.6 Å². The second kappa shape index (κ2) is 6.37. The van der Waals surface area contributed by atoms with E-state index in [1.54, 1.807) is 0 Å². The smallest absolute Gasteiger partial charge is 0.218 e. The Morgan fingerprint density at radius 2 is 2.36 bits per heavy atom. The minimum atomic E-state index is -1.05. The van der Waals surface area contributed by atoms with Gasteiger partial charge in [0, 0.05) is 19.5 Å². The normalized spacial score (nSPS) is 12.9. The van der Waals surface area contributed by atoms with E-state index in [-0.39, 0.29) is 18.8 Å². The van der Waals surface area contributed by atoms with Crippen molar-refractivity contribution in [3.8, 4) is 0 Å². The predicted molar refractivity (Wildman–Crippen MR) is 42.3 cm³/mol. The highest BCUT2D eigenvalue weighted by molar-refractivity contribution is 6.18. The fourth-order valence-electron chi connectivity index (χ4n) is 0.525. The third-order valence-electron chi connectivity index (χ3n) is 1.08. The highest BCUT2D eigenvalue weighted by Gasteiger charge is 2.02.